The molecule has 1 nitrogen and oxygen atoms in total. The van der Waals surface area contributed by atoms with E-state index in [-0.39, 0.29) is 0 Å². The third-order valence-corrected chi connectivity index (χ3v) is 3.61. The summed E-state index contributed by atoms with van der Waals surface area (Å²) in [5, 5.41) is 3.47. The van der Waals surface area contributed by atoms with Gasteiger partial charge in [0, 0.05) is 6.04 Å². The lowest BCUT2D eigenvalue weighted by molar-refractivity contribution is 0.275. The molecule has 21 heavy (non-hydrogen) atoms. The van der Waals surface area contributed by atoms with Crippen molar-refractivity contribution < 1.29 is 8.78 Å². The average molecular weight is 297 g/mol. The molecule has 2 unspecified atom stereocenters. The molecule has 0 radical (unpaired) electrons. The molecule has 0 saturated carbocycles. The fourth-order valence-electron chi connectivity index (χ4n) is 3.09. The van der Waals surface area contributed by atoms with Gasteiger partial charge in [-0.2, -0.15) is 0 Å². The minimum absolute atomic E-state index is 0.303. The van der Waals surface area contributed by atoms with Crippen molar-refractivity contribution in [1.29, 1.82) is 0 Å². The minimum atomic E-state index is -0.778. The second-order valence-corrected chi connectivity index (χ2v) is 7.31. The molecular weight excluding hydrogens is 268 g/mol. The Balaban J connectivity index is 2.66. The van der Waals surface area contributed by atoms with Crippen LogP contribution in [0, 0.1) is 23.0 Å². The van der Waals surface area contributed by atoms with Crippen molar-refractivity contribution in [2.45, 2.75) is 59.9 Å². The summed E-state index contributed by atoms with van der Waals surface area (Å²) in [6, 6.07) is 4.51. The zero-order chi connectivity index (χ0) is 16.0. The van der Waals surface area contributed by atoms with Crippen LogP contribution in [0.25, 0.3) is 0 Å². The van der Waals surface area contributed by atoms with Crippen LogP contribution in [0.4, 0.5) is 8.78 Å². The molecule has 0 spiro atoms. The Morgan fingerprint density at radius 1 is 1.14 bits per heavy atom. The van der Waals surface area contributed by atoms with Crippen LogP contribution in [0.1, 0.15) is 53.0 Å². The first kappa shape index (κ1) is 18.1. The number of rotatable bonds is 7. The molecule has 0 bridgehead atoms. The van der Waals surface area contributed by atoms with Gasteiger partial charge in [0.05, 0.1) is 0 Å². The summed E-state index contributed by atoms with van der Waals surface area (Å²) in [6.45, 7) is 12.0. The number of likely N-dealkylation sites (N-methyl/N-ethyl adjacent to an activating group) is 1. The molecule has 120 valence electrons. The molecule has 1 rings (SSSR count). The van der Waals surface area contributed by atoms with Crippen molar-refractivity contribution >= 4 is 0 Å². The highest BCUT2D eigenvalue weighted by Crippen LogP contribution is 2.27. The van der Waals surface area contributed by atoms with Gasteiger partial charge < -0.3 is 5.32 Å². The molecule has 3 heteroatoms. The van der Waals surface area contributed by atoms with E-state index in [0.29, 0.717) is 17.4 Å². The normalized spacial score (nSPS) is 15.0. The smallest absolute Gasteiger partial charge is 0.159 e. The van der Waals surface area contributed by atoms with Gasteiger partial charge in [-0.15, -0.1) is 0 Å². The number of hydrogen-bond acceptors (Lipinski definition) is 1. The van der Waals surface area contributed by atoms with E-state index in [1.807, 2.05) is 0 Å². The predicted molar refractivity (Wildman–Crippen MR) is 85.4 cm³/mol. The number of halogens is 2. The standard InChI is InChI=1S/C18H29F2N/c1-6-21-15(9-13(2)12-18(3,4)5)10-14-7-8-16(19)17(20)11-14/h7-8,11,13,15,21H,6,9-10,12H2,1-5H3. The molecular formula is C18H29F2N. The summed E-state index contributed by atoms with van der Waals surface area (Å²) < 4.78 is 26.3. The first-order chi connectivity index (χ1) is 9.71. The summed E-state index contributed by atoms with van der Waals surface area (Å²) in [5.74, 6) is -0.940. The summed E-state index contributed by atoms with van der Waals surface area (Å²) in [4.78, 5) is 0. The van der Waals surface area contributed by atoms with E-state index in [2.05, 4.69) is 39.9 Å². The second kappa shape index (κ2) is 7.88. The highest BCUT2D eigenvalue weighted by molar-refractivity contribution is 5.18. The van der Waals surface area contributed by atoms with Crippen LogP contribution < -0.4 is 5.32 Å². The van der Waals surface area contributed by atoms with E-state index >= 15 is 0 Å². The highest BCUT2D eigenvalue weighted by atomic mass is 19.2. The van der Waals surface area contributed by atoms with E-state index in [4.69, 9.17) is 0 Å². The maximum atomic E-state index is 13.3. The van der Waals surface area contributed by atoms with Crippen LogP contribution in [-0.4, -0.2) is 12.6 Å². The van der Waals surface area contributed by atoms with Crippen molar-refractivity contribution in [3.8, 4) is 0 Å². The maximum absolute atomic E-state index is 13.3. The van der Waals surface area contributed by atoms with Crippen LogP contribution in [0.15, 0.2) is 18.2 Å². The monoisotopic (exact) mass is 297 g/mol. The summed E-state index contributed by atoms with van der Waals surface area (Å²) in [7, 11) is 0. The average Bonchev–Trinajstić information content (AvgIpc) is 2.31. The van der Waals surface area contributed by atoms with Gasteiger partial charge in [-0.25, -0.2) is 8.78 Å². The fourth-order valence-corrected chi connectivity index (χ4v) is 3.09. The van der Waals surface area contributed by atoms with Gasteiger partial charge in [0.2, 0.25) is 0 Å². The molecule has 0 saturated heterocycles. The van der Waals surface area contributed by atoms with Gasteiger partial charge >= 0.3 is 0 Å². The zero-order valence-corrected chi connectivity index (χ0v) is 14.0. The fraction of sp³-hybridized carbons (Fsp3) is 0.667. The number of benzene rings is 1. The Labute approximate surface area is 128 Å². The van der Waals surface area contributed by atoms with Gasteiger partial charge in [0.15, 0.2) is 11.6 Å². The van der Waals surface area contributed by atoms with E-state index < -0.39 is 11.6 Å². The van der Waals surface area contributed by atoms with Crippen molar-refractivity contribution in [3.63, 3.8) is 0 Å². The molecule has 1 aromatic carbocycles. The molecule has 1 N–H and O–H groups in total. The van der Waals surface area contributed by atoms with Gasteiger partial charge in [-0.1, -0.05) is 40.7 Å². The van der Waals surface area contributed by atoms with Crippen molar-refractivity contribution in [2.75, 3.05) is 6.54 Å². The lowest BCUT2D eigenvalue weighted by atomic mass is 9.82. The van der Waals surface area contributed by atoms with Crippen LogP contribution >= 0.6 is 0 Å². The van der Waals surface area contributed by atoms with Gasteiger partial charge in [-0.3, -0.25) is 0 Å². The molecule has 1 aromatic rings. The third-order valence-electron chi connectivity index (χ3n) is 3.61. The summed E-state index contributed by atoms with van der Waals surface area (Å²) in [5.41, 5.74) is 1.17. The van der Waals surface area contributed by atoms with Crippen LogP contribution in [-0.2, 0) is 6.42 Å². The van der Waals surface area contributed by atoms with Crippen LogP contribution in [0.2, 0.25) is 0 Å². The molecule has 2 atom stereocenters. The quantitative estimate of drug-likeness (QED) is 0.751. The van der Waals surface area contributed by atoms with Gasteiger partial charge in [0.1, 0.15) is 0 Å². The van der Waals surface area contributed by atoms with Crippen molar-refractivity contribution in [3.05, 3.63) is 35.4 Å². The highest BCUT2D eigenvalue weighted by Gasteiger charge is 2.19. The van der Waals surface area contributed by atoms with Crippen LogP contribution in [0.5, 0.6) is 0 Å². The van der Waals surface area contributed by atoms with E-state index in [1.165, 1.54) is 12.1 Å². The van der Waals surface area contributed by atoms with Crippen molar-refractivity contribution in [2.24, 2.45) is 11.3 Å². The molecule has 0 amide bonds. The minimum Gasteiger partial charge on any atom is -0.314 e. The zero-order valence-electron chi connectivity index (χ0n) is 14.0. The number of hydrogen-bond donors (Lipinski definition) is 1. The molecule has 0 aliphatic heterocycles. The first-order valence-electron chi connectivity index (χ1n) is 7.88. The third kappa shape index (κ3) is 7.03. The molecule has 0 aliphatic carbocycles. The number of nitrogens with one attached hydrogen (secondary N) is 1. The Kier molecular flexibility index (Phi) is 6.79. The Morgan fingerprint density at radius 3 is 2.33 bits per heavy atom. The van der Waals surface area contributed by atoms with Crippen LogP contribution in [0.3, 0.4) is 0 Å². The Morgan fingerprint density at radius 2 is 1.81 bits per heavy atom. The predicted octanol–water partition coefficient (Wildman–Crippen LogP) is 4.95. The SMILES string of the molecule is CCNC(Cc1ccc(F)c(F)c1)CC(C)CC(C)(C)C. The Hall–Kier alpha value is -0.960. The molecule has 0 heterocycles. The molecule has 0 aromatic heterocycles. The van der Waals surface area contributed by atoms with E-state index in [1.54, 1.807) is 6.07 Å². The van der Waals surface area contributed by atoms with Crippen molar-refractivity contribution in [1.82, 2.24) is 5.32 Å². The second-order valence-electron chi connectivity index (χ2n) is 7.31. The van der Waals surface area contributed by atoms with Gasteiger partial charge in [-0.05, 0) is 54.8 Å². The summed E-state index contributed by atoms with van der Waals surface area (Å²) in [6.07, 6.45) is 2.94. The lowest BCUT2D eigenvalue weighted by Crippen LogP contribution is -2.33. The Bertz CT molecular complexity index is 437. The van der Waals surface area contributed by atoms with E-state index in [9.17, 15) is 8.78 Å². The topological polar surface area (TPSA) is 12.0 Å². The van der Waals surface area contributed by atoms with E-state index in [0.717, 1.165) is 31.4 Å². The molecule has 0 aliphatic rings. The first-order valence-corrected chi connectivity index (χ1v) is 7.88. The maximum Gasteiger partial charge on any atom is 0.159 e. The summed E-state index contributed by atoms with van der Waals surface area (Å²) >= 11 is 0. The van der Waals surface area contributed by atoms with Gasteiger partial charge in [0.25, 0.3) is 0 Å². The lowest BCUT2D eigenvalue weighted by Gasteiger charge is -2.27. The molecule has 0 fully saturated rings. The largest absolute Gasteiger partial charge is 0.314 e.